The largest absolute Gasteiger partial charge is 0.388 e. The zero-order chi connectivity index (χ0) is 17.4. The fourth-order valence-electron chi connectivity index (χ4n) is 3.20. The minimum Gasteiger partial charge on any atom is -0.388 e. The maximum absolute atomic E-state index is 13.2. The Morgan fingerprint density at radius 1 is 1.40 bits per heavy atom. The van der Waals surface area contributed by atoms with Crippen molar-refractivity contribution in [2.45, 2.75) is 30.6 Å². The van der Waals surface area contributed by atoms with Crippen LogP contribution in [0.5, 0.6) is 0 Å². The lowest BCUT2D eigenvalue weighted by Gasteiger charge is -2.38. The van der Waals surface area contributed by atoms with Crippen LogP contribution in [0.25, 0.3) is 0 Å². The number of carbonyl (C=O) groups excluding carboxylic acids is 1. The molecule has 4 rings (SSSR count). The lowest BCUT2D eigenvalue weighted by atomic mass is 9.96. The number of rotatable bonds is 3. The second kappa shape index (κ2) is 6.43. The second-order valence-electron chi connectivity index (χ2n) is 5.98. The molecule has 2 amide bonds. The van der Waals surface area contributed by atoms with Crippen LogP contribution in [0.2, 0.25) is 0 Å². The molecular weight excluding hydrogens is 331 g/mol. The summed E-state index contributed by atoms with van der Waals surface area (Å²) in [7, 11) is 0. The first-order valence-electron chi connectivity index (χ1n) is 7.89. The molecule has 5 unspecified atom stereocenters. The number of carbonyl (C=O) groups is 1. The van der Waals surface area contributed by atoms with Gasteiger partial charge in [0.1, 0.15) is 24.1 Å². The van der Waals surface area contributed by atoms with Gasteiger partial charge in [-0.1, -0.05) is 6.07 Å². The highest BCUT2D eigenvalue weighted by atomic mass is 19.1. The quantitative estimate of drug-likeness (QED) is 0.765. The predicted molar refractivity (Wildman–Crippen MR) is 84.2 cm³/mol. The smallest absolute Gasteiger partial charge is 0.319 e. The number of fused-ring (bicyclic) bond motifs is 2. The van der Waals surface area contributed by atoms with Crippen molar-refractivity contribution < 1.29 is 23.8 Å². The third-order valence-corrected chi connectivity index (χ3v) is 4.34. The molecule has 1 aromatic heterocycles. The van der Waals surface area contributed by atoms with E-state index in [2.05, 4.69) is 15.7 Å². The first-order valence-corrected chi connectivity index (χ1v) is 7.89. The van der Waals surface area contributed by atoms with Crippen molar-refractivity contribution >= 4 is 11.7 Å². The van der Waals surface area contributed by atoms with E-state index in [-0.39, 0.29) is 6.61 Å². The van der Waals surface area contributed by atoms with E-state index in [0.717, 1.165) is 0 Å². The lowest BCUT2D eigenvalue weighted by molar-refractivity contribution is -0.166. The number of aromatic nitrogens is 2. The summed E-state index contributed by atoms with van der Waals surface area (Å²) in [6.45, 7) is 0.254. The van der Waals surface area contributed by atoms with Crippen molar-refractivity contribution in [3.63, 3.8) is 0 Å². The number of hydrogen-bond acceptors (Lipinski definition) is 5. The molecule has 1 aromatic carbocycles. The summed E-state index contributed by atoms with van der Waals surface area (Å²) in [5.41, 5.74) is 0.313. The minimum atomic E-state index is -0.954. The molecule has 2 saturated heterocycles. The average molecular weight is 348 g/mol. The van der Waals surface area contributed by atoms with E-state index in [1.54, 1.807) is 29.2 Å². The Morgan fingerprint density at radius 3 is 3.04 bits per heavy atom. The van der Waals surface area contributed by atoms with Gasteiger partial charge >= 0.3 is 6.03 Å². The Balaban J connectivity index is 1.48. The van der Waals surface area contributed by atoms with E-state index in [9.17, 15) is 14.3 Å². The maximum Gasteiger partial charge on any atom is 0.319 e. The van der Waals surface area contributed by atoms with Crippen LogP contribution in [-0.4, -0.2) is 52.1 Å². The number of anilines is 1. The molecule has 0 saturated carbocycles. The predicted octanol–water partition coefficient (Wildman–Crippen LogP) is 0.870. The molecule has 2 aromatic rings. The molecule has 0 spiro atoms. The summed E-state index contributed by atoms with van der Waals surface area (Å²) in [4.78, 5) is 12.2. The summed E-state index contributed by atoms with van der Waals surface area (Å²) in [6.07, 6.45) is 1.24. The first-order chi connectivity index (χ1) is 12.1. The Kier molecular flexibility index (Phi) is 4.12. The van der Waals surface area contributed by atoms with Gasteiger partial charge in [0.15, 0.2) is 6.29 Å². The van der Waals surface area contributed by atoms with Gasteiger partial charge in [0, 0.05) is 18.1 Å². The summed E-state index contributed by atoms with van der Waals surface area (Å²) >= 11 is 0. The molecule has 8 nitrogen and oxygen atoms in total. The molecule has 5 atom stereocenters. The minimum absolute atomic E-state index is 0.254. The van der Waals surface area contributed by atoms with Crippen molar-refractivity contribution in [1.82, 2.24) is 15.1 Å². The van der Waals surface area contributed by atoms with E-state index >= 15 is 0 Å². The van der Waals surface area contributed by atoms with E-state index < -0.39 is 42.4 Å². The molecule has 0 aliphatic carbocycles. The molecule has 0 radical (unpaired) electrons. The van der Waals surface area contributed by atoms with Crippen molar-refractivity contribution in [3.8, 4) is 0 Å². The van der Waals surface area contributed by atoms with E-state index in [0.29, 0.717) is 5.69 Å². The maximum atomic E-state index is 13.2. The second-order valence-corrected chi connectivity index (χ2v) is 5.98. The summed E-state index contributed by atoms with van der Waals surface area (Å²) in [6, 6.07) is 5.44. The molecule has 132 valence electrons. The van der Waals surface area contributed by atoms with Crippen molar-refractivity contribution in [2.75, 3.05) is 11.9 Å². The molecule has 2 bridgehead atoms. The Morgan fingerprint density at radius 2 is 2.28 bits per heavy atom. The van der Waals surface area contributed by atoms with Gasteiger partial charge < -0.3 is 25.2 Å². The monoisotopic (exact) mass is 348 g/mol. The number of nitrogens with zero attached hydrogens (tertiary/aromatic N) is 2. The van der Waals surface area contributed by atoms with Crippen LogP contribution in [0.4, 0.5) is 14.9 Å². The Bertz CT molecular complexity index is 756. The van der Waals surface area contributed by atoms with Crippen LogP contribution in [-0.2, 0) is 9.47 Å². The van der Waals surface area contributed by atoms with Crippen molar-refractivity contribution in [2.24, 2.45) is 0 Å². The molecule has 2 aliphatic heterocycles. The van der Waals surface area contributed by atoms with Crippen LogP contribution >= 0.6 is 0 Å². The third-order valence-electron chi connectivity index (χ3n) is 4.34. The van der Waals surface area contributed by atoms with Crippen molar-refractivity contribution in [1.29, 1.82) is 0 Å². The Hall–Kier alpha value is -2.49. The van der Waals surface area contributed by atoms with Crippen molar-refractivity contribution in [3.05, 3.63) is 48.5 Å². The topological polar surface area (TPSA) is 97.6 Å². The van der Waals surface area contributed by atoms with Gasteiger partial charge in [0.25, 0.3) is 0 Å². The summed E-state index contributed by atoms with van der Waals surface area (Å²) in [5.74, 6) is -0.454. The van der Waals surface area contributed by atoms with Crippen LogP contribution in [0.15, 0.2) is 42.7 Å². The number of ether oxygens (including phenoxy) is 2. The van der Waals surface area contributed by atoms with Gasteiger partial charge in [-0.15, -0.1) is 0 Å². The van der Waals surface area contributed by atoms with Gasteiger partial charge in [-0.2, -0.15) is 5.10 Å². The van der Waals surface area contributed by atoms with E-state index in [1.807, 2.05) is 0 Å². The van der Waals surface area contributed by atoms with Gasteiger partial charge in [0.05, 0.1) is 12.6 Å². The molecule has 2 aliphatic rings. The number of nitrogens with one attached hydrogen (secondary N) is 2. The normalized spacial score (nSPS) is 30.9. The molecule has 9 heteroatoms. The first kappa shape index (κ1) is 16.0. The zero-order valence-corrected chi connectivity index (χ0v) is 13.1. The summed E-state index contributed by atoms with van der Waals surface area (Å²) < 4.78 is 26.1. The third kappa shape index (κ3) is 3.09. The highest BCUT2D eigenvalue weighted by Gasteiger charge is 2.51. The molecule has 3 N–H and O–H groups in total. The molecule has 25 heavy (non-hydrogen) atoms. The number of aliphatic hydroxyl groups excluding tert-OH is 1. The lowest BCUT2D eigenvalue weighted by Crippen LogP contribution is -2.59. The van der Waals surface area contributed by atoms with Gasteiger partial charge in [-0.3, -0.25) is 4.68 Å². The molecular formula is C16H17FN4O4. The summed E-state index contributed by atoms with van der Waals surface area (Å²) in [5, 5.41) is 20.1. The fraction of sp³-hybridized carbons (Fsp3) is 0.375. The van der Waals surface area contributed by atoms with Gasteiger partial charge in [-0.05, 0) is 24.3 Å². The van der Waals surface area contributed by atoms with Crippen LogP contribution in [0.3, 0.4) is 0 Å². The SMILES string of the molecule is O=C(Nc1cccc(F)c1)NC1C2COC(O2)C(n2cccn2)C1O. The van der Waals surface area contributed by atoms with Gasteiger partial charge in [-0.25, -0.2) is 9.18 Å². The number of halogens is 1. The number of amides is 2. The number of benzene rings is 1. The number of hydrogen-bond donors (Lipinski definition) is 3. The highest BCUT2D eigenvalue weighted by Crippen LogP contribution is 2.35. The Labute approximate surface area is 142 Å². The fourth-order valence-corrected chi connectivity index (χ4v) is 3.20. The van der Waals surface area contributed by atoms with Gasteiger partial charge in [0.2, 0.25) is 0 Å². The number of aliphatic hydroxyl groups is 1. The molecule has 2 fully saturated rings. The average Bonchev–Trinajstić information content (AvgIpc) is 3.23. The van der Waals surface area contributed by atoms with E-state index in [1.165, 1.54) is 18.2 Å². The standard InChI is InChI=1S/C16H17FN4O4/c17-9-3-1-4-10(7-9)19-16(23)20-12-11-8-24-15(25-11)13(14(12)22)21-6-2-5-18-21/h1-7,11-15,22H,8H2,(H2,19,20,23). The van der Waals surface area contributed by atoms with Crippen LogP contribution in [0.1, 0.15) is 6.04 Å². The highest BCUT2D eigenvalue weighted by molar-refractivity contribution is 5.89. The number of urea groups is 1. The van der Waals surface area contributed by atoms with E-state index in [4.69, 9.17) is 9.47 Å². The zero-order valence-electron chi connectivity index (χ0n) is 13.1. The molecule has 3 heterocycles. The van der Waals surface area contributed by atoms with Crippen LogP contribution < -0.4 is 10.6 Å². The van der Waals surface area contributed by atoms with Crippen LogP contribution in [0, 0.1) is 5.82 Å².